The molecule has 1 aliphatic carbocycles. The highest BCUT2D eigenvalue weighted by Gasteiger charge is 2.40. The van der Waals surface area contributed by atoms with Crippen molar-refractivity contribution < 1.29 is 9.90 Å². The van der Waals surface area contributed by atoms with Gasteiger partial charge in [-0.2, -0.15) is 0 Å². The van der Waals surface area contributed by atoms with Gasteiger partial charge in [-0.05, 0) is 62.3 Å². The first kappa shape index (κ1) is 20.5. The fraction of sp³-hybridized carbons (Fsp3) is 0.400. The second kappa shape index (κ2) is 7.65. The van der Waals surface area contributed by atoms with Gasteiger partial charge in [0, 0.05) is 31.4 Å². The number of para-hydroxylation sites is 1. The summed E-state index contributed by atoms with van der Waals surface area (Å²) in [5, 5.41) is 13.5. The number of rotatable bonds is 5. The molecule has 0 bridgehead atoms. The highest BCUT2D eigenvalue weighted by molar-refractivity contribution is 5.94. The Morgan fingerprint density at radius 2 is 1.88 bits per heavy atom. The number of carbonyl (C=O) groups is 1. The zero-order valence-corrected chi connectivity index (χ0v) is 18.6. The molecule has 1 saturated heterocycles. The topological polar surface area (TPSA) is 87.5 Å². The molecule has 1 aromatic heterocycles. The van der Waals surface area contributed by atoms with Crippen molar-refractivity contribution in [2.45, 2.75) is 32.7 Å². The van der Waals surface area contributed by atoms with E-state index < -0.39 is 5.97 Å². The molecule has 166 valence electrons. The lowest BCUT2D eigenvalue weighted by Crippen LogP contribution is -2.30. The van der Waals surface area contributed by atoms with Crippen molar-refractivity contribution in [3.05, 3.63) is 63.4 Å². The summed E-state index contributed by atoms with van der Waals surface area (Å²) < 4.78 is 1.67. The molecule has 3 unspecified atom stereocenters. The van der Waals surface area contributed by atoms with Gasteiger partial charge in [-0.1, -0.05) is 18.2 Å². The van der Waals surface area contributed by atoms with E-state index in [-0.39, 0.29) is 17.2 Å². The predicted molar refractivity (Wildman–Crippen MR) is 126 cm³/mol. The summed E-state index contributed by atoms with van der Waals surface area (Å²) in [7, 11) is 1.80. The highest BCUT2D eigenvalue weighted by Crippen LogP contribution is 2.41. The quantitative estimate of drug-likeness (QED) is 0.635. The lowest BCUT2D eigenvalue weighted by Gasteiger charge is -2.27. The largest absolute Gasteiger partial charge is 0.478 e. The van der Waals surface area contributed by atoms with Crippen LogP contribution in [0, 0.1) is 18.8 Å². The summed E-state index contributed by atoms with van der Waals surface area (Å²) in [6.07, 6.45) is 2.52. The van der Waals surface area contributed by atoms with Crippen LogP contribution in [0.15, 0.2) is 41.2 Å². The number of fused-ring (bicyclic) bond motifs is 2. The zero-order valence-electron chi connectivity index (χ0n) is 18.6. The Kier molecular flexibility index (Phi) is 4.92. The second-order valence-electron chi connectivity index (χ2n) is 9.25. The van der Waals surface area contributed by atoms with Crippen molar-refractivity contribution in [3.8, 4) is 0 Å². The third-order valence-corrected chi connectivity index (χ3v) is 7.09. The van der Waals surface area contributed by atoms with Gasteiger partial charge in [-0.15, -0.1) is 0 Å². The van der Waals surface area contributed by atoms with Crippen LogP contribution in [0.2, 0.25) is 0 Å². The fourth-order valence-corrected chi connectivity index (χ4v) is 5.18. The van der Waals surface area contributed by atoms with Crippen LogP contribution >= 0.6 is 0 Å². The number of aromatic nitrogens is 2. The van der Waals surface area contributed by atoms with Crippen molar-refractivity contribution in [3.63, 3.8) is 0 Å². The van der Waals surface area contributed by atoms with Crippen LogP contribution in [0.1, 0.15) is 47.3 Å². The van der Waals surface area contributed by atoms with Gasteiger partial charge in [0.25, 0.3) is 5.56 Å². The number of aromatic carboxylic acids is 1. The second-order valence-corrected chi connectivity index (χ2v) is 9.25. The first-order valence-corrected chi connectivity index (χ1v) is 11.2. The molecule has 2 fully saturated rings. The van der Waals surface area contributed by atoms with E-state index in [1.54, 1.807) is 29.8 Å². The molecule has 3 aromatic rings. The predicted octanol–water partition coefficient (Wildman–Crippen LogP) is 3.96. The molecule has 7 nitrogen and oxygen atoms in total. The van der Waals surface area contributed by atoms with E-state index in [1.165, 1.54) is 12.8 Å². The molecule has 1 saturated carbocycles. The van der Waals surface area contributed by atoms with E-state index in [0.717, 1.165) is 30.2 Å². The summed E-state index contributed by atoms with van der Waals surface area (Å²) in [4.78, 5) is 32.2. The number of carboxylic acids is 1. The standard InChI is InChI=1S/C25H28N4O3/c1-14-10-19(15(2)26-21-7-5-4-6-18(21)24(31)32)22-20(11-14)23(30)28(3)25(27-22)29-12-16-8-9-17(16)13-29/h4-7,10-11,15-17,26H,8-9,12-13H2,1-3H3,(H,31,32). The number of aryl methyl sites for hydroxylation is 1. The van der Waals surface area contributed by atoms with E-state index in [0.29, 0.717) is 28.4 Å². The summed E-state index contributed by atoms with van der Waals surface area (Å²) in [5.41, 5.74) is 3.25. The maximum absolute atomic E-state index is 13.3. The van der Waals surface area contributed by atoms with Gasteiger partial charge in [-0.25, -0.2) is 9.78 Å². The van der Waals surface area contributed by atoms with Gasteiger partial charge < -0.3 is 15.3 Å². The summed E-state index contributed by atoms with van der Waals surface area (Å²) in [6, 6.07) is 10.6. The van der Waals surface area contributed by atoms with Crippen molar-refractivity contribution >= 4 is 28.5 Å². The van der Waals surface area contributed by atoms with Crippen molar-refractivity contribution in [1.82, 2.24) is 9.55 Å². The molecule has 3 atom stereocenters. The Morgan fingerprint density at radius 1 is 1.19 bits per heavy atom. The van der Waals surface area contributed by atoms with Crippen LogP contribution in [0.25, 0.3) is 10.9 Å². The van der Waals surface area contributed by atoms with Gasteiger partial charge in [0.1, 0.15) is 0 Å². The lowest BCUT2D eigenvalue weighted by atomic mass is 9.77. The third kappa shape index (κ3) is 3.32. The SMILES string of the molecule is Cc1cc(C(C)Nc2ccccc2C(=O)O)c2nc(N3CC4CCC4C3)n(C)c(=O)c2c1. The molecule has 0 spiro atoms. The summed E-state index contributed by atoms with van der Waals surface area (Å²) >= 11 is 0. The summed E-state index contributed by atoms with van der Waals surface area (Å²) in [6.45, 7) is 5.85. The number of nitrogens with zero attached hydrogens (tertiary/aromatic N) is 3. The van der Waals surface area contributed by atoms with Crippen LogP contribution < -0.4 is 15.8 Å². The van der Waals surface area contributed by atoms with E-state index in [4.69, 9.17) is 4.98 Å². The van der Waals surface area contributed by atoms with E-state index in [2.05, 4.69) is 10.2 Å². The normalized spacial score (nSPS) is 20.7. The number of carboxylic acid groups (broad SMARTS) is 1. The Hall–Kier alpha value is -3.35. The van der Waals surface area contributed by atoms with Crippen molar-refractivity contribution in [1.29, 1.82) is 0 Å². The average molecular weight is 433 g/mol. The van der Waals surface area contributed by atoms with Gasteiger partial charge in [0.2, 0.25) is 5.95 Å². The lowest BCUT2D eigenvalue weighted by molar-refractivity contribution is 0.0698. The molecular formula is C25H28N4O3. The Morgan fingerprint density at radius 3 is 2.53 bits per heavy atom. The number of benzene rings is 2. The number of anilines is 2. The molecule has 2 aliphatic rings. The van der Waals surface area contributed by atoms with Gasteiger partial charge in [0.05, 0.1) is 22.5 Å². The van der Waals surface area contributed by atoms with Gasteiger partial charge >= 0.3 is 5.97 Å². The number of hydrogen-bond acceptors (Lipinski definition) is 5. The first-order valence-electron chi connectivity index (χ1n) is 11.2. The average Bonchev–Trinajstić information content (AvgIpc) is 3.04. The first-order chi connectivity index (χ1) is 15.3. The van der Waals surface area contributed by atoms with Crippen molar-refractivity contribution in [2.75, 3.05) is 23.3 Å². The fourth-order valence-electron chi connectivity index (χ4n) is 5.18. The molecular weight excluding hydrogens is 404 g/mol. The number of nitrogens with one attached hydrogen (secondary N) is 1. The molecule has 1 aliphatic heterocycles. The minimum absolute atomic E-state index is 0.0488. The summed E-state index contributed by atoms with van der Waals surface area (Å²) in [5.74, 6) is 1.17. The Balaban J connectivity index is 1.60. The minimum atomic E-state index is -0.979. The molecule has 5 rings (SSSR count). The maximum atomic E-state index is 13.3. The molecule has 2 N–H and O–H groups in total. The maximum Gasteiger partial charge on any atom is 0.337 e. The third-order valence-electron chi connectivity index (χ3n) is 7.09. The minimum Gasteiger partial charge on any atom is -0.478 e. The highest BCUT2D eigenvalue weighted by atomic mass is 16.4. The Labute approximate surface area is 186 Å². The smallest absolute Gasteiger partial charge is 0.337 e. The van der Waals surface area contributed by atoms with Crippen LogP contribution in [0.3, 0.4) is 0 Å². The molecule has 2 heterocycles. The van der Waals surface area contributed by atoms with Crippen molar-refractivity contribution in [2.24, 2.45) is 18.9 Å². The van der Waals surface area contributed by atoms with Crippen LogP contribution in [0.5, 0.6) is 0 Å². The van der Waals surface area contributed by atoms with Crippen LogP contribution in [0.4, 0.5) is 11.6 Å². The Bertz CT molecular complexity index is 1270. The molecule has 2 aromatic carbocycles. The monoisotopic (exact) mass is 432 g/mol. The van der Waals surface area contributed by atoms with E-state index >= 15 is 0 Å². The van der Waals surface area contributed by atoms with E-state index in [9.17, 15) is 14.7 Å². The zero-order chi connectivity index (χ0) is 22.6. The van der Waals surface area contributed by atoms with Crippen LogP contribution in [-0.4, -0.2) is 33.7 Å². The number of hydrogen-bond donors (Lipinski definition) is 2. The molecule has 7 heteroatoms. The molecule has 0 radical (unpaired) electrons. The van der Waals surface area contributed by atoms with Crippen LogP contribution in [-0.2, 0) is 7.05 Å². The van der Waals surface area contributed by atoms with E-state index in [1.807, 2.05) is 32.0 Å². The van der Waals surface area contributed by atoms with Gasteiger partial charge in [0.15, 0.2) is 0 Å². The van der Waals surface area contributed by atoms with Gasteiger partial charge in [-0.3, -0.25) is 9.36 Å². The molecule has 0 amide bonds. The molecule has 32 heavy (non-hydrogen) atoms.